The van der Waals surface area contributed by atoms with E-state index in [4.69, 9.17) is 9.84 Å². The van der Waals surface area contributed by atoms with Crippen molar-refractivity contribution in [2.24, 2.45) is 17.8 Å². The van der Waals surface area contributed by atoms with Crippen molar-refractivity contribution in [3.63, 3.8) is 0 Å². The maximum Gasteiger partial charge on any atom is 0.377 e. The number of aliphatic hydroxyl groups excluding tert-OH is 1. The predicted molar refractivity (Wildman–Crippen MR) is 99.0 cm³/mol. The fourth-order valence-corrected chi connectivity index (χ4v) is 3.78. The molecule has 2 N–H and O–H groups in total. The van der Waals surface area contributed by atoms with Crippen LogP contribution in [0.1, 0.15) is 62.4 Å². The lowest BCUT2D eigenvalue weighted by atomic mass is 9.75. The third-order valence-electron chi connectivity index (χ3n) is 5.38. The molecule has 0 heterocycles. The highest BCUT2D eigenvalue weighted by atomic mass is 16.6. The molecule has 1 aromatic carbocycles. The second kappa shape index (κ2) is 9.28. The maximum absolute atomic E-state index is 11.4. The zero-order chi connectivity index (χ0) is 19.3. The first kappa shape index (κ1) is 20.6. The fraction of sp³-hybridized carbons (Fsp3) is 0.619. The number of benzene rings is 1. The molecule has 2 rings (SSSR count). The Kier molecular flexibility index (Phi) is 7.35. The number of carbonyl (C=O) groups excluding carboxylic acids is 1. The van der Waals surface area contributed by atoms with Gasteiger partial charge in [-0.15, -0.1) is 0 Å². The van der Waals surface area contributed by atoms with Gasteiger partial charge in [0.15, 0.2) is 6.29 Å². The van der Waals surface area contributed by atoms with Crippen molar-refractivity contribution in [2.75, 3.05) is 0 Å². The molecule has 5 nitrogen and oxygen atoms in total. The Bertz CT molecular complexity index is 607. The lowest BCUT2D eigenvalue weighted by Crippen LogP contribution is -2.37. The van der Waals surface area contributed by atoms with Crippen LogP contribution in [-0.2, 0) is 16.0 Å². The highest BCUT2D eigenvalue weighted by molar-refractivity contribution is 6.39. The molecule has 0 aromatic heterocycles. The van der Waals surface area contributed by atoms with E-state index in [9.17, 15) is 14.7 Å². The molecule has 0 amide bonds. The van der Waals surface area contributed by atoms with Crippen LogP contribution in [0.2, 0.25) is 0 Å². The van der Waals surface area contributed by atoms with Crippen molar-refractivity contribution in [2.45, 2.75) is 65.3 Å². The van der Waals surface area contributed by atoms with Gasteiger partial charge in [-0.2, -0.15) is 0 Å². The van der Waals surface area contributed by atoms with E-state index in [0.717, 1.165) is 18.4 Å². The van der Waals surface area contributed by atoms with Crippen LogP contribution in [0.5, 0.6) is 0 Å². The maximum atomic E-state index is 11.4. The van der Waals surface area contributed by atoms with Crippen LogP contribution in [-0.4, -0.2) is 34.4 Å². The largest absolute Gasteiger partial charge is 0.475 e. The molecular weight excluding hydrogens is 332 g/mol. The first-order valence-corrected chi connectivity index (χ1v) is 9.48. The van der Waals surface area contributed by atoms with Gasteiger partial charge in [-0.3, -0.25) is 4.79 Å². The van der Waals surface area contributed by atoms with Gasteiger partial charge in [0.1, 0.15) is 0 Å². The summed E-state index contributed by atoms with van der Waals surface area (Å²) in [4.78, 5) is 22.1. The minimum absolute atomic E-state index is 0.101. The fourth-order valence-electron chi connectivity index (χ4n) is 3.78. The molecule has 1 unspecified atom stereocenters. The van der Waals surface area contributed by atoms with Gasteiger partial charge in [-0.1, -0.05) is 51.5 Å². The molecule has 0 saturated heterocycles. The molecule has 1 aliphatic carbocycles. The number of ether oxygens (including phenoxy) is 1. The third kappa shape index (κ3) is 5.64. The molecule has 26 heavy (non-hydrogen) atoms. The average Bonchev–Trinajstić information content (AvgIpc) is 2.59. The molecule has 1 saturated carbocycles. The molecule has 0 bridgehead atoms. The molecule has 4 atom stereocenters. The van der Waals surface area contributed by atoms with E-state index in [1.807, 2.05) is 0 Å². The number of Topliss-reactive ketones (excluding diaryl/α,β-unsaturated/α-hetero) is 1. The molecular formula is C21H30O5. The van der Waals surface area contributed by atoms with Crippen molar-refractivity contribution < 1.29 is 24.5 Å². The summed E-state index contributed by atoms with van der Waals surface area (Å²) < 4.78 is 5.97. The third-order valence-corrected chi connectivity index (χ3v) is 5.38. The van der Waals surface area contributed by atoms with Gasteiger partial charge >= 0.3 is 5.97 Å². The van der Waals surface area contributed by atoms with Crippen LogP contribution in [0.3, 0.4) is 0 Å². The Morgan fingerprint density at radius 1 is 1.19 bits per heavy atom. The van der Waals surface area contributed by atoms with Gasteiger partial charge in [0, 0.05) is 12.0 Å². The number of hydrogen-bond acceptors (Lipinski definition) is 4. The summed E-state index contributed by atoms with van der Waals surface area (Å²) in [7, 11) is 0. The van der Waals surface area contributed by atoms with E-state index < -0.39 is 18.0 Å². The van der Waals surface area contributed by atoms with Crippen LogP contribution >= 0.6 is 0 Å². The summed E-state index contributed by atoms with van der Waals surface area (Å²) >= 11 is 0. The number of carboxylic acid groups (broad SMARTS) is 1. The summed E-state index contributed by atoms with van der Waals surface area (Å²) in [6, 6.07) is 6.47. The number of aliphatic carboxylic acids is 1. The van der Waals surface area contributed by atoms with Crippen molar-refractivity contribution >= 4 is 11.8 Å². The van der Waals surface area contributed by atoms with Crippen molar-refractivity contribution in [3.8, 4) is 0 Å². The molecule has 0 radical (unpaired) electrons. The minimum atomic E-state index is -1.46. The second-order valence-corrected chi connectivity index (χ2v) is 7.83. The first-order chi connectivity index (χ1) is 12.3. The van der Waals surface area contributed by atoms with Gasteiger partial charge in [0.2, 0.25) is 0 Å². The molecule has 144 valence electrons. The lowest BCUT2D eigenvalue weighted by molar-refractivity contribution is -0.171. The monoisotopic (exact) mass is 362 g/mol. The molecule has 0 spiro atoms. The van der Waals surface area contributed by atoms with E-state index in [-0.39, 0.29) is 11.7 Å². The molecule has 5 heteroatoms. The Morgan fingerprint density at radius 3 is 2.42 bits per heavy atom. The highest BCUT2D eigenvalue weighted by Gasteiger charge is 2.32. The van der Waals surface area contributed by atoms with Crippen molar-refractivity contribution in [3.05, 3.63) is 35.4 Å². The van der Waals surface area contributed by atoms with Crippen LogP contribution in [0.25, 0.3) is 0 Å². The lowest BCUT2D eigenvalue weighted by Gasteiger charge is -2.38. The van der Waals surface area contributed by atoms with Gasteiger partial charge < -0.3 is 14.9 Å². The number of aliphatic hydroxyl groups is 1. The number of carbonyl (C=O) groups is 2. The zero-order valence-electron chi connectivity index (χ0n) is 15.9. The molecule has 1 aliphatic rings. The van der Waals surface area contributed by atoms with E-state index in [1.54, 1.807) is 12.1 Å². The normalized spacial score (nSPS) is 24.4. The Balaban J connectivity index is 1.86. The predicted octanol–water partition coefficient (Wildman–Crippen LogP) is 3.68. The van der Waals surface area contributed by atoms with E-state index in [2.05, 4.69) is 20.8 Å². The molecule has 1 fully saturated rings. The number of hydrogen-bond donors (Lipinski definition) is 2. The van der Waals surface area contributed by atoms with Gasteiger partial charge in [0.05, 0.1) is 6.10 Å². The smallest absolute Gasteiger partial charge is 0.377 e. The Morgan fingerprint density at radius 2 is 1.85 bits per heavy atom. The second-order valence-electron chi connectivity index (χ2n) is 7.83. The quantitative estimate of drug-likeness (QED) is 0.419. The topological polar surface area (TPSA) is 83.8 Å². The highest BCUT2D eigenvalue weighted by Crippen LogP contribution is 2.36. The number of rotatable bonds is 8. The van der Waals surface area contributed by atoms with Gasteiger partial charge in [-0.25, -0.2) is 4.79 Å². The van der Waals surface area contributed by atoms with Gasteiger partial charge in [-0.05, 0) is 42.6 Å². The summed E-state index contributed by atoms with van der Waals surface area (Å²) in [5.74, 6) is -0.711. The van der Waals surface area contributed by atoms with Crippen molar-refractivity contribution in [1.29, 1.82) is 0 Å². The summed E-state index contributed by atoms with van der Waals surface area (Å²) in [6.45, 7) is 6.66. The molecule has 0 aliphatic heterocycles. The van der Waals surface area contributed by atoms with E-state index in [0.29, 0.717) is 30.6 Å². The van der Waals surface area contributed by atoms with E-state index in [1.165, 1.54) is 18.6 Å². The van der Waals surface area contributed by atoms with Crippen molar-refractivity contribution in [1.82, 2.24) is 0 Å². The zero-order valence-corrected chi connectivity index (χ0v) is 15.9. The Labute approximate surface area is 155 Å². The SMILES string of the molecule is CC(C)[C@@H]1CC[C@@H](C)C[C@H]1OC(O)CCc1ccc(C(=O)C(=O)O)cc1. The van der Waals surface area contributed by atoms with Gasteiger partial charge in [0.25, 0.3) is 5.78 Å². The Hall–Kier alpha value is -1.72. The van der Waals surface area contributed by atoms with Crippen LogP contribution in [0.4, 0.5) is 0 Å². The van der Waals surface area contributed by atoms with Crippen LogP contribution in [0, 0.1) is 17.8 Å². The van der Waals surface area contributed by atoms with E-state index >= 15 is 0 Å². The minimum Gasteiger partial charge on any atom is -0.475 e. The molecule has 1 aromatic rings. The number of carboxylic acids is 1. The summed E-state index contributed by atoms with van der Waals surface area (Å²) in [6.07, 6.45) is 3.73. The first-order valence-electron chi connectivity index (χ1n) is 9.48. The summed E-state index contributed by atoms with van der Waals surface area (Å²) in [5.41, 5.74) is 1.10. The summed E-state index contributed by atoms with van der Waals surface area (Å²) in [5, 5.41) is 19.0. The number of aryl methyl sites for hydroxylation is 1. The standard InChI is InChI=1S/C21H30O5/c1-13(2)17-10-4-14(3)12-18(17)26-19(22)11-7-15-5-8-16(9-6-15)20(23)21(24)25/h5-6,8-9,13-14,17-19,22H,4,7,10-12H2,1-3H3,(H,24,25)/t14-,17+,18-,19?/m1/s1. The number of ketones is 1. The average molecular weight is 362 g/mol. The van der Waals surface area contributed by atoms with Crippen LogP contribution in [0.15, 0.2) is 24.3 Å². The van der Waals surface area contributed by atoms with Crippen LogP contribution < -0.4 is 0 Å².